The molecule has 5 heterocycles. The van der Waals surface area contributed by atoms with Crippen LogP contribution >= 0.6 is 0 Å². The summed E-state index contributed by atoms with van der Waals surface area (Å²) in [5, 5.41) is 8.71. The number of hydrogen-bond acceptors (Lipinski definition) is 7. The van der Waals surface area contributed by atoms with Crippen LogP contribution in [0.3, 0.4) is 0 Å². The Morgan fingerprint density at radius 1 is 0.833 bits per heavy atom. The number of nitrogens with zero attached hydrogens (tertiary/aromatic N) is 9. The third-order valence-corrected chi connectivity index (χ3v) is 6.90. The van der Waals surface area contributed by atoms with E-state index < -0.39 is 0 Å². The summed E-state index contributed by atoms with van der Waals surface area (Å²) in [5.74, 6) is 2.11. The monoisotopic (exact) mass is 479 g/mol. The first-order valence-electron chi connectivity index (χ1n) is 12.3. The summed E-state index contributed by atoms with van der Waals surface area (Å²) in [6.45, 7) is 5.59. The molecule has 0 spiro atoms. The smallest absolute Gasteiger partial charge is 0.225 e. The Balaban J connectivity index is 1.13. The van der Waals surface area contributed by atoms with Gasteiger partial charge in [0.05, 0.1) is 6.20 Å². The van der Waals surface area contributed by atoms with E-state index >= 15 is 0 Å². The van der Waals surface area contributed by atoms with Crippen LogP contribution in [0.2, 0.25) is 0 Å². The van der Waals surface area contributed by atoms with Crippen LogP contribution in [0.25, 0.3) is 16.6 Å². The summed E-state index contributed by atoms with van der Waals surface area (Å²) in [6, 6.07) is 12.7. The number of hydrogen-bond donors (Lipinski definition) is 0. The van der Waals surface area contributed by atoms with Gasteiger partial charge in [0.25, 0.3) is 0 Å². The van der Waals surface area contributed by atoms with Crippen molar-refractivity contribution in [2.45, 2.75) is 19.3 Å². The predicted octanol–water partition coefficient (Wildman–Crippen LogP) is 3.59. The zero-order valence-electron chi connectivity index (χ0n) is 20.6. The molecule has 1 aromatic carbocycles. The lowest BCUT2D eigenvalue weighted by Gasteiger charge is -2.35. The molecule has 0 bridgehead atoms. The fourth-order valence-electron chi connectivity index (χ4n) is 4.84. The zero-order valence-corrected chi connectivity index (χ0v) is 20.6. The molecule has 1 aliphatic rings. The molecule has 1 fully saturated rings. The zero-order chi connectivity index (χ0) is 24.5. The van der Waals surface area contributed by atoms with Crippen LogP contribution in [0.4, 0.5) is 11.8 Å². The van der Waals surface area contributed by atoms with Gasteiger partial charge in [-0.3, -0.25) is 4.68 Å². The number of aromatic nitrogens is 7. The van der Waals surface area contributed by atoms with Crippen LogP contribution in [-0.2, 0) is 13.5 Å². The van der Waals surface area contributed by atoms with Gasteiger partial charge >= 0.3 is 0 Å². The molecule has 0 N–H and O–H groups in total. The Hall–Kier alpha value is -4.27. The molecule has 5 aromatic rings. The lowest BCUT2D eigenvalue weighted by atomic mass is 9.96. The first-order chi connectivity index (χ1) is 17.6. The lowest BCUT2D eigenvalue weighted by molar-refractivity contribution is 0.631. The van der Waals surface area contributed by atoms with Gasteiger partial charge < -0.3 is 9.80 Å². The van der Waals surface area contributed by atoms with Crippen molar-refractivity contribution < 1.29 is 0 Å². The Labute approximate surface area is 210 Å². The Morgan fingerprint density at radius 2 is 1.58 bits per heavy atom. The highest BCUT2D eigenvalue weighted by Gasteiger charge is 2.22. The second-order valence-electron chi connectivity index (χ2n) is 9.43. The minimum Gasteiger partial charge on any atom is -0.351 e. The molecule has 6 rings (SSSR count). The van der Waals surface area contributed by atoms with E-state index in [4.69, 9.17) is 9.97 Å². The van der Waals surface area contributed by atoms with Gasteiger partial charge in [0.1, 0.15) is 11.8 Å². The standard InChI is InChI=1S/C27H29N9/c1-20(12-21-6-4-3-5-7-21)23-14-28-27(29-15-23)35-10-8-34(9-11-35)26-25-13-22(18-36(25)32-19-30-26)24-16-31-33(2)17-24/h3-7,13-20H,8-12H2,1-2H3. The molecule has 1 aliphatic heterocycles. The first kappa shape index (κ1) is 22.2. The van der Waals surface area contributed by atoms with Crippen LogP contribution in [-0.4, -0.2) is 60.5 Å². The van der Waals surface area contributed by atoms with E-state index in [0.29, 0.717) is 5.92 Å². The third-order valence-electron chi connectivity index (χ3n) is 6.90. The van der Waals surface area contributed by atoms with Crippen molar-refractivity contribution in [3.8, 4) is 11.1 Å². The highest BCUT2D eigenvalue weighted by molar-refractivity contribution is 5.77. The summed E-state index contributed by atoms with van der Waals surface area (Å²) in [6.07, 6.45) is 12.5. The fraction of sp³-hybridized carbons (Fsp3) is 0.296. The van der Waals surface area contributed by atoms with Crippen LogP contribution < -0.4 is 9.80 Å². The maximum Gasteiger partial charge on any atom is 0.225 e. The van der Waals surface area contributed by atoms with Gasteiger partial charge in [-0.1, -0.05) is 37.3 Å². The minimum atomic E-state index is 0.372. The molecule has 9 nitrogen and oxygen atoms in total. The number of fused-ring (bicyclic) bond motifs is 1. The topological polar surface area (TPSA) is 80.3 Å². The molecule has 1 saturated heterocycles. The summed E-state index contributed by atoms with van der Waals surface area (Å²) >= 11 is 0. The van der Waals surface area contributed by atoms with Crippen molar-refractivity contribution in [1.82, 2.24) is 34.3 Å². The highest BCUT2D eigenvalue weighted by Crippen LogP contribution is 2.27. The van der Waals surface area contributed by atoms with E-state index in [0.717, 1.165) is 61.0 Å². The van der Waals surface area contributed by atoms with Gasteiger partial charge in [-0.15, -0.1) is 0 Å². The van der Waals surface area contributed by atoms with Crippen molar-refractivity contribution in [2.24, 2.45) is 7.05 Å². The first-order valence-corrected chi connectivity index (χ1v) is 12.3. The Kier molecular flexibility index (Phi) is 5.80. The lowest BCUT2D eigenvalue weighted by Crippen LogP contribution is -2.47. The maximum absolute atomic E-state index is 4.71. The second-order valence-corrected chi connectivity index (χ2v) is 9.43. The minimum absolute atomic E-state index is 0.372. The van der Waals surface area contributed by atoms with Gasteiger partial charge in [-0.05, 0) is 29.5 Å². The van der Waals surface area contributed by atoms with Gasteiger partial charge in [-0.2, -0.15) is 10.2 Å². The summed E-state index contributed by atoms with van der Waals surface area (Å²) in [7, 11) is 1.92. The van der Waals surface area contributed by atoms with E-state index in [1.807, 2.05) is 47.2 Å². The molecule has 4 aromatic heterocycles. The van der Waals surface area contributed by atoms with Crippen molar-refractivity contribution in [1.29, 1.82) is 0 Å². The van der Waals surface area contributed by atoms with Crippen molar-refractivity contribution in [2.75, 3.05) is 36.0 Å². The Morgan fingerprint density at radius 3 is 2.31 bits per heavy atom. The quantitative estimate of drug-likeness (QED) is 0.368. The van der Waals surface area contributed by atoms with Gasteiger partial charge in [0.15, 0.2) is 5.82 Å². The largest absolute Gasteiger partial charge is 0.351 e. The second kappa shape index (κ2) is 9.41. The van der Waals surface area contributed by atoms with Crippen molar-refractivity contribution >= 4 is 17.3 Å². The van der Waals surface area contributed by atoms with E-state index in [1.165, 1.54) is 11.1 Å². The molecular weight excluding hydrogens is 450 g/mol. The summed E-state index contributed by atoms with van der Waals surface area (Å²) < 4.78 is 3.71. The average Bonchev–Trinajstić information content (AvgIpc) is 3.55. The maximum atomic E-state index is 4.71. The van der Waals surface area contributed by atoms with Crippen LogP contribution in [0.1, 0.15) is 24.0 Å². The number of piperazine rings is 1. The molecular formula is C27H29N9. The number of aryl methyl sites for hydroxylation is 1. The average molecular weight is 480 g/mol. The van der Waals surface area contributed by atoms with E-state index in [9.17, 15) is 0 Å². The van der Waals surface area contributed by atoms with Crippen molar-refractivity contribution in [3.05, 3.63) is 84.8 Å². The van der Waals surface area contributed by atoms with Gasteiger partial charge in [0.2, 0.25) is 5.95 Å². The number of anilines is 2. The Bertz CT molecular complexity index is 1450. The molecule has 9 heteroatoms. The molecule has 0 saturated carbocycles. The summed E-state index contributed by atoms with van der Waals surface area (Å²) in [4.78, 5) is 18.6. The molecule has 182 valence electrons. The van der Waals surface area contributed by atoms with Crippen LogP contribution in [0, 0.1) is 0 Å². The van der Waals surface area contributed by atoms with Gasteiger partial charge in [-0.25, -0.2) is 19.5 Å². The van der Waals surface area contributed by atoms with E-state index in [2.05, 4.69) is 68.3 Å². The van der Waals surface area contributed by atoms with Crippen LogP contribution in [0.5, 0.6) is 0 Å². The number of benzene rings is 1. The van der Waals surface area contributed by atoms with E-state index in [1.54, 1.807) is 6.33 Å². The summed E-state index contributed by atoms with van der Waals surface area (Å²) in [5.41, 5.74) is 5.65. The molecule has 0 amide bonds. The highest BCUT2D eigenvalue weighted by atomic mass is 15.4. The third kappa shape index (κ3) is 4.39. The van der Waals surface area contributed by atoms with Gasteiger partial charge in [0, 0.05) is 69.1 Å². The predicted molar refractivity (Wildman–Crippen MR) is 140 cm³/mol. The van der Waals surface area contributed by atoms with E-state index in [-0.39, 0.29) is 0 Å². The molecule has 0 aliphatic carbocycles. The number of rotatable bonds is 6. The fourth-order valence-corrected chi connectivity index (χ4v) is 4.84. The molecule has 36 heavy (non-hydrogen) atoms. The normalized spacial score (nSPS) is 14.9. The van der Waals surface area contributed by atoms with Crippen molar-refractivity contribution in [3.63, 3.8) is 0 Å². The molecule has 1 unspecified atom stereocenters. The molecule has 0 radical (unpaired) electrons. The SMILES string of the molecule is CC(Cc1ccccc1)c1cnc(N2CCN(c3ncnn4cc(-c5cnn(C)c5)cc34)CC2)nc1. The van der Waals surface area contributed by atoms with Crippen LogP contribution in [0.15, 0.2) is 73.7 Å². The molecule has 1 atom stereocenters.